The summed E-state index contributed by atoms with van der Waals surface area (Å²) < 4.78 is 0. The number of aromatic nitrogens is 1. The number of hydrogen-bond donors (Lipinski definition) is 2. The molecule has 1 rings (SSSR count). The van der Waals surface area contributed by atoms with Gasteiger partial charge in [-0.3, -0.25) is 4.98 Å². The average Bonchev–Trinajstić information content (AvgIpc) is 2.09. The maximum absolute atomic E-state index is 8.79. The van der Waals surface area contributed by atoms with Gasteiger partial charge in [0, 0.05) is 18.3 Å². The summed E-state index contributed by atoms with van der Waals surface area (Å²) in [7, 11) is 0. The van der Waals surface area contributed by atoms with E-state index in [1.165, 1.54) is 0 Å². The van der Waals surface area contributed by atoms with Gasteiger partial charge in [-0.15, -0.1) is 0 Å². The SMILES string of the molecule is OCC(CO)c1cccnc1. The number of aliphatic hydroxyl groups excluding tert-OH is 2. The summed E-state index contributed by atoms with van der Waals surface area (Å²) in [5, 5.41) is 17.6. The zero-order chi connectivity index (χ0) is 8.10. The van der Waals surface area contributed by atoms with Crippen LogP contribution in [0.3, 0.4) is 0 Å². The monoisotopic (exact) mass is 153 g/mol. The predicted molar refractivity (Wildman–Crippen MR) is 41.1 cm³/mol. The average molecular weight is 153 g/mol. The van der Waals surface area contributed by atoms with Crippen molar-refractivity contribution >= 4 is 0 Å². The molecule has 0 radical (unpaired) electrons. The van der Waals surface area contributed by atoms with Crippen LogP contribution in [-0.2, 0) is 0 Å². The molecule has 0 spiro atoms. The summed E-state index contributed by atoms with van der Waals surface area (Å²) in [5.74, 6) is -0.191. The van der Waals surface area contributed by atoms with E-state index in [4.69, 9.17) is 10.2 Å². The third-order valence-corrected chi connectivity index (χ3v) is 1.60. The van der Waals surface area contributed by atoms with E-state index < -0.39 is 0 Å². The normalized spacial score (nSPS) is 10.5. The first kappa shape index (κ1) is 8.17. The minimum absolute atomic E-state index is 0.0395. The molecule has 0 aromatic carbocycles. The van der Waals surface area contributed by atoms with E-state index >= 15 is 0 Å². The van der Waals surface area contributed by atoms with Crippen LogP contribution in [0.25, 0.3) is 0 Å². The number of nitrogens with zero attached hydrogens (tertiary/aromatic N) is 1. The highest BCUT2D eigenvalue weighted by Crippen LogP contribution is 2.11. The molecular weight excluding hydrogens is 142 g/mol. The summed E-state index contributed by atoms with van der Waals surface area (Å²) in [6, 6.07) is 3.62. The predicted octanol–water partition coefficient (Wildman–Crippen LogP) is 0.150. The summed E-state index contributed by atoms with van der Waals surface area (Å²) >= 11 is 0. The lowest BCUT2D eigenvalue weighted by Gasteiger charge is -2.09. The van der Waals surface area contributed by atoms with Gasteiger partial charge in [-0.1, -0.05) is 6.07 Å². The molecule has 2 N–H and O–H groups in total. The Morgan fingerprint density at radius 1 is 1.36 bits per heavy atom. The summed E-state index contributed by atoms with van der Waals surface area (Å²) in [5.41, 5.74) is 0.873. The van der Waals surface area contributed by atoms with E-state index in [2.05, 4.69) is 4.98 Å². The molecule has 1 heterocycles. The molecule has 0 aliphatic heterocycles. The molecule has 3 heteroatoms. The molecular formula is C8H11NO2. The molecule has 60 valence electrons. The van der Waals surface area contributed by atoms with Crippen molar-refractivity contribution in [2.75, 3.05) is 13.2 Å². The van der Waals surface area contributed by atoms with Crippen molar-refractivity contribution < 1.29 is 10.2 Å². The minimum atomic E-state index is -0.191. The maximum atomic E-state index is 8.79. The van der Waals surface area contributed by atoms with Crippen LogP contribution in [0.15, 0.2) is 24.5 Å². The Kier molecular flexibility index (Phi) is 3.01. The van der Waals surface area contributed by atoms with Crippen LogP contribution < -0.4 is 0 Å². The highest BCUT2D eigenvalue weighted by atomic mass is 16.3. The van der Waals surface area contributed by atoms with E-state index in [0.29, 0.717) is 0 Å². The van der Waals surface area contributed by atoms with Crippen molar-refractivity contribution in [2.45, 2.75) is 5.92 Å². The van der Waals surface area contributed by atoms with Gasteiger partial charge in [0.25, 0.3) is 0 Å². The summed E-state index contributed by atoms with van der Waals surface area (Å²) in [4.78, 5) is 3.88. The molecule has 1 aromatic heterocycles. The standard InChI is InChI=1S/C8H11NO2/c10-5-8(6-11)7-2-1-3-9-4-7/h1-4,8,10-11H,5-6H2. The number of pyridine rings is 1. The largest absolute Gasteiger partial charge is 0.396 e. The first-order valence-electron chi connectivity index (χ1n) is 3.50. The molecule has 0 atom stereocenters. The van der Waals surface area contributed by atoms with Crippen molar-refractivity contribution in [1.82, 2.24) is 4.98 Å². The van der Waals surface area contributed by atoms with Crippen LogP contribution in [0, 0.1) is 0 Å². The lowest BCUT2D eigenvalue weighted by Crippen LogP contribution is -2.08. The second kappa shape index (κ2) is 4.05. The van der Waals surface area contributed by atoms with Crippen LogP contribution in [0.4, 0.5) is 0 Å². The van der Waals surface area contributed by atoms with Gasteiger partial charge in [0.2, 0.25) is 0 Å². The fourth-order valence-corrected chi connectivity index (χ4v) is 0.886. The lowest BCUT2D eigenvalue weighted by molar-refractivity contribution is 0.192. The van der Waals surface area contributed by atoms with Crippen molar-refractivity contribution in [3.8, 4) is 0 Å². The van der Waals surface area contributed by atoms with Gasteiger partial charge in [0.15, 0.2) is 0 Å². The Morgan fingerprint density at radius 3 is 2.55 bits per heavy atom. The van der Waals surface area contributed by atoms with Crippen molar-refractivity contribution in [1.29, 1.82) is 0 Å². The number of aliphatic hydroxyl groups is 2. The van der Waals surface area contributed by atoms with E-state index in [1.54, 1.807) is 18.5 Å². The molecule has 0 aliphatic carbocycles. The number of rotatable bonds is 3. The Bertz CT molecular complexity index is 197. The summed E-state index contributed by atoms with van der Waals surface area (Å²) in [6.45, 7) is -0.0790. The fourth-order valence-electron chi connectivity index (χ4n) is 0.886. The van der Waals surface area contributed by atoms with Gasteiger partial charge in [0.1, 0.15) is 0 Å². The van der Waals surface area contributed by atoms with Gasteiger partial charge in [0.05, 0.1) is 13.2 Å². The molecule has 11 heavy (non-hydrogen) atoms. The second-order valence-electron chi connectivity index (χ2n) is 2.35. The van der Waals surface area contributed by atoms with Gasteiger partial charge >= 0.3 is 0 Å². The molecule has 1 aromatic rings. The molecule has 0 saturated carbocycles. The highest BCUT2D eigenvalue weighted by Gasteiger charge is 2.07. The first-order chi connectivity index (χ1) is 5.38. The zero-order valence-electron chi connectivity index (χ0n) is 6.14. The third kappa shape index (κ3) is 2.00. The van der Waals surface area contributed by atoms with Crippen LogP contribution in [-0.4, -0.2) is 28.4 Å². The van der Waals surface area contributed by atoms with Gasteiger partial charge in [-0.2, -0.15) is 0 Å². The molecule has 0 aliphatic rings. The van der Waals surface area contributed by atoms with Gasteiger partial charge in [-0.05, 0) is 11.6 Å². The van der Waals surface area contributed by atoms with Crippen LogP contribution in [0.5, 0.6) is 0 Å². The van der Waals surface area contributed by atoms with E-state index in [-0.39, 0.29) is 19.1 Å². The Hall–Kier alpha value is -0.930. The van der Waals surface area contributed by atoms with E-state index in [1.807, 2.05) is 6.07 Å². The van der Waals surface area contributed by atoms with Gasteiger partial charge < -0.3 is 10.2 Å². The van der Waals surface area contributed by atoms with Crippen LogP contribution in [0.1, 0.15) is 11.5 Å². The minimum Gasteiger partial charge on any atom is -0.396 e. The van der Waals surface area contributed by atoms with Crippen LogP contribution in [0.2, 0.25) is 0 Å². The van der Waals surface area contributed by atoms with E-state index in [0.717, 1.165) is 5.56 Å². The molecule has 0 amide bonds. The molecule has 0 bridgehead atoms. The smallest absolute Gasteiger partial charge is 0.0522 e. The Morgan fingerprint density at radius 2 is 2.09 bits per heavy atom. The lowest BCUT2D eigenvalue weighted by atomic mass is 10.0. The second-order valence-corrected chi connectivity index (χ2v) is 2.35. The van der Waals surface area contributed by atoms with Crippen molar-refractivity contribution in [3.63, 3.8) is 0 Å². The topological polar surface area (TPSA) is 53.4 Å². The van der Waals surface area contributed by atoms with E-state index in [9.17, 15) is 0 Å². The quantitative estimate of drug-likeness (QED) is 0.650. The molecule has 0 unspecified atom stereocenters. The fraction of sp³-hybridized carbons (Fsp3) is 0.375. The summed E-state index contributed by atoms with van der Waals surface area (Å²) in [6.07, 6.45) is 3.31. The maximum Gasteiger partial charge on any atom is 0.0522 e. The molecule has 0 saturated heterocycles. The number of hydrogen-bond acceptors (Lipinski definition) is 3. The zero-order valence-corrected chi connectivity index (χ0v) is 6.14. The Balaban J connectivity index is 2.74. The van der Waals surface area contributed by atoms with Gasteiger partial charge in [-0.25, -0.2) is 0 Å². The molecule has 0 fully saturated rings. The Labute approximate surface area is 65.3 Å². The third-order valence-electron chi connectivity index (χ3n) is 1.60. The van der Waals surface area contributed by atoms with Crippen molar-refractivity contribution in [2.24, 2.45) is 0 Å². The van der Waals surface area contributed by atoms with Crippen LogP contribution >= 0.6 is 0 Å². The first-order valence-corrected chi connectivity index (χ1v) is 3.50. The van der Waals surface area contributed by atoms with Crippen molar-refractivity contribution in [3.05, 3.63) is 30.1 Å². The highest BCUT2D eigenvalue weighted by molar-refractivity contribution is 5.14. The molecule has 3 nitrogen and oxygen atoms in total.